The zero-order valence-corrected chi connectivity index (χ0v) is 16.9. The standard InChI is InChI=1S/C19H38N4O2/c1-6-20-19(21-12-8-9-13-22(5)16(3)4)23-14-10-17(11-15-23)18(24)25-7-2/h16-17H,6-15H2,1-5H3,(H,20,21). The van der Waals surface area contributed by atoms with Gasteiger partial charge in [-0.3, -0.25) is 9.79 Å². The van der Waals surface area contributed by atoms with Crippen molar-refractivity contribution in [3.8, 4) is 0 Å². The van der Waals surface area contributed by atoms with E-state index in [1.807, 2.05) is 6.92 Å². The van der Waals surface area contributed by atoms with Crippen LogP contribution < -0.4 is 5.32 Å². The van der Waals surface area contributed by atoms with Crippen molar-refractivity contribution in [1.82, 2.24) is 15.1 Å². The molecule has 0 spiro atoms. The van der Waals surface area contributed by atoms with Gasteiger partial charge in [0, 0.05) is 32.2 Å². The van der Waals surface area contributed by atoms with Gasteiger partial charge in [0.1, 0.15) is 0 Å². The van der Waals surface area contributed by atoms with E-state index in [0.717, 1.165) is 57.9 Å². The van der Waals surface area contributed by atoms with Crippen molar-refractivity contribution in [3.05, 3.63) is 0 Å². The lowest BCUT2D eigenvalue weighted by Crippen LogP contribution is -2.46. The first-order valence-electron chi connectivity index (χ1n) is 9.89. The molecule has 1 fully saturated rings. The second-order valence-corrected chi connectivity index (χ2v) is 7.03. The minimum Gasteiger partial charge on any atom is -0.466 e. The number of unbranched alkanes of at least 4 members (excludes halogenated alkanes) is 1. The van der Waals surface area contributed by atoms with E-state index in [1.165, 1.54) is 6.42 Å². The van der Waals surface area contributed by atoms with Crippen LogP contribution >= 0.6 is 0 Å². The molecule has 1 N–H and O–H groups in total. The summed E-state index contributed by atoms with van der Waals surface area (Å²) in [5, 5.41) is 3.39. The lowest BCUT2D eigenvalue weighted by Gasteiger charge is -2.33. The molecule has 6 heteroatoms. The molecule has 1 saturated heterocycles. The van der Waals surface area contributed by atoms with E-state index in [1.54, 1.807) is 0 Å². The van der Waals surface area contributed by atoms with Crippen molar-refractivity contribution in [2.45, 2.75) is 59.4 Å². The number of piperidine rings is 1. The maximum Gasteiger partial charge on any atom is 0.309 e. The first-order chi connectivity index (χ1) is 12.0. The van der Waals surface area contributed by atoms with Crippen LogP contribution in [0.15, 0.2) is 4.99 Å². The summed E-state index contributed by atoms with van der Waals surface area (Å²) in [5.74, 6) is 0.992. The second kappa shape index (κ2) is 12.1. The summed E-state index contributed by atoms with van der Waals surface area (Å²) in [5.41, 5.74) is 0. The van der Waals surface area contributed by atoms with Gasteiger partial charge in [-0.15, -0.1) is 0 Å². The number of aliphatic imine (C=N–C) groups is 1. The molecule has 0 atom stereocenters. The molecule has 0 radical (unpaired) electrons. The molecular formula is C19H38N4O2. The molecule has 0 amide bonds. The summed E-state index contributed by atoms with van der Waals surface area (Å²) in [6, 6.07) is 0.599. The van der Waals surface area contributed by atoms with Crippen LogP contribution in [0.25, 0.3) is 0 Å². The Morgan fingerprint density at radius 3 is 2.52 bits per heavy atom. The Hall–Kier alpha value is -1.30. The highest BCUT2D eigenvalue weighted by Gasteiger charge is 2.27. The molecule has 0 saturated carbocycles. The highest BCUT2D eigenvalue weighted by atomic mass is 16.5. The number of carbonyl (C=O) groups excluding carboxylic acids is 1. The monoisotopic (exact) mass is 354 g/mol. The number of esters is 1. The number of hydrogen-bond donors (Lipinski definition) is 1. The molecule has 1 heterocycles. The number of hydrogen-bond acceptors (Lipinski definition) is 4. The molecule has 1 rings (SSSR count). The largest absolute Gasteiger partial charge is 0.466 e. The number of rotatable bonds is 9. The Kier molecular flexibility index (Phi) is 10.5. The molecule has 146 valence electrons. The molecule has 0 aliphatic carbocycles. The molecule has 0 bridgehead atoms. The van der Waals surface area contributed by atoms with Gasteiger partial charge in [-0.1, -0.05) is 0 Å². The van der Waals surface area contributed by atoms with Crippen molar-refractivity contribution >= 4 is 11.9 Å². The van der Waals surface area contributed by atoms with E-state index in [4.69, 9.17) is 9.73 Å². The summed E-state index contributed by atoms with van der Waals surface area (Å²) in [4.78, 5) is 21.3. The fourth-order valence-electron chi connectivity index (χ4n) is 2.93. The SMILES string of the molecule is CCNC(=NCCCCN(C)C(C)C)N1CCC(C(=O)OCC)CC1. The third-order valence-corrected chi connectivity index (χ3v) is 4.81. The Morgan fingerprint density at radius 2 is 1.96 bits per heavy atom. The zero-order valence-electron chi connectivity index (χ0n) is 16.9. The zero-order chi connectivity index (χ0) is 18.7. The van der Waals surface area contributed by atoms with Crippen LogP contribution in [0.1, 0.15) is 53.4 Å². The summed E-state index contributed by atoms with van der Waals surface area (Å²) >= 11 is 0. The van der Waals surface area contributed by atoms with Gasteiger partial charge in [-0.2, -0.15) is 0 Å². The number of nitrogens with zero attached hydrogens (tertiary/aromatic N) is 3. The van der Waals surface area contributed by atoms with Crippen LogP contribution in [0.5, 0.6) is 0 Å². The average molecular weight is 355 g/mol. The summed E-state index contributed by atoms with van der Waals surface area (Å²) in [6.45, 7) is 13.4. The van der Waals surface area contributed by atoms with E-state index in [2.05, 4.69) is 42.9 Å². The van der Waals surface area contributed by atoms with Gasteiger partial charge in [-0.25, -0.2) is 0 Å². The number of nitrogens with one attached hydrogen (secondary N) is 1. The maximum atomic E-state index is 11.9. The van der Waals surface area contributed by atoms with Crippen molar-refractivity contribution < 1.29 is 9.53 Å². The topological polar surface area (TPSA) is 57.2 Å². The van der Waals surface area contributed by atoms with Gasteiger partial charge in [0.05, 0.1) is 12.5 Å². The maximum absolute atomic E-state index is 11.9. The molecule has 6 nitrogen and oxygen atoms in total. The molecule has 1 aliphatic rings. The first-order valence-corrected chi connectivity index (χ1v) is 9.89. The van der Waals surface area contributed by atoms with Crippen LogP contribution in [-0.2, 0) is 9.53 Å². The van der Waals surface area contributed by atoms with E-state index >= 15 is 0 Å². The molecule has 25 heavy (non-hydrogen) atoms. The van der Waals surface area contributed by atoms with Crippen molar-refractivity contribution in [2.24, 2.45) is 10.9 Å². The number of ether oxygens (including phenoxy) is 1. The van der Waals surface area contributed by atoms with Crippen LogP contribution in [0.2, 0.25) is 0 Å². The molecule has 0 unspecified atom stereocenters. The molecule has 0 aromatic carbocycles. The summed E-state index contributed by atoms with van der Waals surface area (Å²) in [6.07, 6.45) is 3.97. The molecule has 0 aromatic heterocycles. The Balaban J connectivity index is 2.39. The minimum absolute atomic E-state index is 0.0432. The predicted molar refractivity (Wildman–Crippen MR) is 104 cm³/mol. The van der Waals surface area contributed by atoms with E-state index < -0.39 is 0 Å². The highest BCUT2D eigenvalue weighted by Crippen LogP contribution is 2.18. The van der Waals surface area contributed by atoms with Gasteiger partial charge in [0.2, 0.25) is 0 Å². The van der Waals surface area contributed by atoms with E-state index in [-0.39, 0.29) is 11.9 Å². The summed E-state index contributed by atoms with van der Waals surface area (Å²) in [7, 11) is 2.17. The fourth-order valence-corrected chi connectivity index (χ4v) is 2.93. The van der Waals surface area contributed by atoms with Crippen LogP contribution in [0.4, 0.5) is 0 Å². The predicted octanol–water partition coefficient (Wildman–Crippen LogP) is 2.35. The Labute approximate surface area is 154 Å². The third kappa shape index (κ3) is 8.08. The minimum atomic E-state index is -0.0432. The summed E-state index contributed by atoms with van der Waals surface area (Å²) < 4.78 is 5.15. The van der Waals surface area contributed by atoms with Gasteiger partial charge in [0.25, 0.3) is 0 Å². The van der Waals surface area contributed by atoms with Crippen LogP contribution in [0.3, 0.4) is 0 Å². The normalized spacial score (nSPS) is 16.6. The quantitative estimate of drug-likeness (QED) is 0.298. The average Bonchev–Trinajstić information content (AvgIpc) is 2.60. The number of guanidine groups is 1. The van der Waals surface area contributed by atoms with E-state index in [0.29, 0.717) is 12.6 Å². The lowest BCUT2D eigenvalue weighted by molar-refractivity contribution is -0.149. The first kappa shape index (κ1) is 21.7. The Morgan fingerprint density at radius 1 is 1.28 bits per heavy atom. The molecule has 1 aliphatic heterocycles. The lowest BCUT2D eigenvalue weighted by atomic mass is 9.97. The number of likely N-dealkylation sites (tertiary alicyclic amines) is 1. The third-order valence-electron chi connectivity index (χ3n) is 4.81. The Bertz CT molecular complexity index is 404. The van der Waals surface area contributed by atoms with Gasteiger partial charge in [-0.05, 0) is 67.0 Å². The van der Waals surface area contributed by atoms with Crippen molar-refractivity contribution in [1.29, 1.82) is 0 Å². The van der Waals surface area contributed by atoms with Crippen molar-refractivity contribution in [3.63, 3.8) is 0 Å². The fraction of sp³-hybridized carbons (Fsp3) is 0.895. The van der Waals surface area contributed by atoms with Crippen molar-refractivity contribution in [2.75, 3.05) is 46.4 Å². The van der Waals surface area contributed by atoms with Gasteiger partial charge >= 0.3 is 5.97 Å². The smallest absolute Gasteiger partial charge is 0.309 e. The molecule has 0 aromatic rings. The highest BCUT2D eigenvalue weighted by molar-refractivity contribution is 5.80. The molecular weight excluding hydrogens is 316 g/mol. The number of carbonyl (C=O) groups is 1. The second-order valence-electron chi connectivity index (χ2n) is 7.03. The van der Waals surface area contributed by atoms with Crippen LogP contribution in [-0.4, -0.2) is 74.1 Å². The van der Waals surface area contributed by atoms with Gasteiger partial charge < -0.3 is 19.9 Å². The van der Waals surface area contributed by atoms with Crippen LogP contribution in [0, 0.1) is 5.92 Å². The van der Waals surface area contributed by atoms with E-state index in [9.17, 15) is 4.79 Å². The van der Waals surface area contributed by atoms with Gasteiger partial charge in [0.15, 0.2) is 5.96 Å².